The lowest BCUT2D eigenvalue weighted by Gasteiger charge is -2.23. The van der Waals surface area contributed by atoms with Crippen LogP contribution < -0.4 is 0 Å². The van der Waals surface area contributed by atoms with Crippen molar-refractivity contribution in [2.75, 3.05) is 6.26 Å². The topological polar surface area (TPSA) is 66.2 Å². The Morgan fingerprint density at radius 1 is 1.30 bits per heavy atom. The first-order valence-electron chi connectivity index (χ1n) is 2.61. The Bertz CT molecular complexity index is 209. The predicted molar refractivity (Wildman–Crippen MR) is 39.1 cm³/mol. The van der Waals surface area contributed by atoms with Gasteiger partial charge in [-0.1, -0.05) is 0 Å². The lowest BCUT2D eigenvalue weighted by molar-refractivity contribution is 0.485. The highest BCUT2D eigenvalue weighted by Gasteiger charge is 2.09. The summed E-state index contributed by atoms with van der Waals surface area (Å²) < 4.78 is 18.0. The van der Waals surface area contributed by atoms with Crippen molar-refractivity contribution in [3.8, 4) is 0 Å². The summed E-state index contributed by atoms with van der Waals surface area (Å²) in [6, 6.07) is 1.62. The van der Waals surface area contributed by atoms with E-state index in [4.69, 9.17) is 9.11 Å². The van der Waals surface area contributed by atoms with E-state index in [9.17, 15) is 0 Å². The molecule has 0 unspecified atom stereocenters. The molecule has 0 aromatic carbocycles. The molecular weight excluding hydrogens is 152 g/mol. The fourth-order valence-corrected chi connectivity index (χ4v) is 1.01. The van der Waals surface area contributed by atoms with E-state index in [1.807, 2.05) is 0 Å². The number of aromatic nitrogens is 2. The zero-order valence-corrected chi connectivity index (χ0v) is 6.25. The van der Waals surface area contributed by atoms with Crippen LogP contribution >= 0.6 is 10.6 Å². The maximum Gasteiger partial charge on any atom is 0.241 e. The normalized spacial score (nSPS) is 13.1. The molecule has 0 spiro atoms. The zero-order chi connectivity index (χ0) is 7.61. The molecule has 4 nitrogen and oxygen atoms in total. The smallest absolute Gasteiger partial charge is 0.241 e. The third-order valence-corrected chi connectivity index (χ3v) is 1.79. The summed E-state index contributed by atoms with van der Waals surface area (Å²) in [6.07, 6.45) is 4.24. The van der Waals surface area contributed by atoms with Crippen molar-refractivity contribution in [1.82, 2.24) is 9.97 Å². The highest BCUT2D eigenvalue weighted by molar-refractivity contribution is 8.23. The van der Waals surface area contributed by atoms with Crippen LogP contribution in [0.15, 0.2) is 23.6 Å². The monoisotopic (exact) mass is 160 g/mol. The highest BCUT2D eigenvalue weighted by atomic mass is 32.3. The van der Waals surface area contributed by atoms with E-state index in [0.29, 0.717) is 0 Å². The number of hydrogen-bond acceptors (Lipinski definition) is 4. The average molecular weight is 160 g/mol. The van der Waals surface area contributed by atoms with E-state index >= 15 is 0 Å². The molecule has 10 heavy (non-hydrogen) atoms. The van der Waals surface area contributed by atoms with Gasteiger partial charge in [0.05, 0.1) is 0 Å². The molecule has 2 N–H and O–H groups in total. The van der Waals surface area contributed by atoms with Gasteiger partial charge >= 0.3 is 0 Å². The van der Waals surface area contributed by atoms with E-state index in [2.05, 4.69) is 9.97 Å². The first-order valence-corrected chi connectivity index (χ1v) is 4.56. The average Bonchev–Trinajstić information content (AvgIpc) is 1.88. The Labute approximate surface area is 60.3 Å². The minimum Gasteiger partial charge on any atom is -0.292 e. The quantitative estimate of drug-likeness (QED) is 0.606. The van der Waals surface area contributed by atoms with Crippen LogP contribution in [0.5, 0.6) is 0 Å². The van der Waals surface area contributed by atoms with Gasteiger partial charge < -0.3 is 0 Å². The number of rotatable bonds is 1. The zero-order valence-electron chi connectivity index (χ0n) is 5.43. The third-order valence-electron chi connectivity index (χ3n) is 0.888. The van der Waals surface area contributed by atoms with Gasteiger partial charge in [0.2, 0.25) is 5.16 Å². The van der Waals surface area contributed by atoms with Crippen LogP contribution in [0.2, 0.25) is 0 Å². The lowest BCUT2D eigenvalue weighted by Crippen LogP contribution is -1.99. The lowest BCUT2D eigenvalue weighted by atomic mass is 10.7. The minimum absolute atomic E-state index is 0.0926. The predicted octanol–water partition coefficient (Wildman–Crippen LogP) is 1.22. The molecule has 0 saturated carbocycles. The summed E-state index contributed by atoms with van der Waals surface area (Å²) in [6.45, 7) is 0. The second kappa shape index (κ2) is 2.53. The molecule has 5 heteroatoms. The molecule has 0 amide bonds. The Morgan fingerprint density at radius 3 is 2.10 bits per heavy atom. The van der Waals surface area contributed by atoms with E-state index in [1.165, 1.54) is 18.6 Å². The van der Waals surface area contributed by atoms with Gasteiger partial charge in [0, 0.05) is 18.6 Å². The van der Waals surface area contributed by atoms with Gasteiger partial charge in [0.25, 0.3) is 0 Å². The SMILES string of the molecule is CS(O)(O)c1ncccn1. The van der Waals surface area contributed by atoms with Crippen molar-refractivity contribution < 1.29 is 9.11 Å². The van der Waals surface area contributed by atoms with Gasteiger partial charge in [-0.25, -0.2) is 9.97 Å². The molecule has 0 aliphatic carbocycles. The molecule has 1 heterocycles. The van der Waals surface area contributed by atoms with Crippen LogP contribution in [0.4, 0.5) is 0 Å². The summed E-state index contributed by atoms with van der Waals surface area (Å²) in [5.41, 5.74) is 0. The van der Waals surface area contributed by atoms with E-state index in [0.717, 1.165) is 0 Å². The molecular formula is C5H8N2O2S. The molecule has 0 aliphatic rings. The molecule has 0 fully saturated rings. The largest absolute Gasteiger partial charge is 0.292 e. The second-order valence-corrected chi connectivity index (χ2v) is 3.90. The van der Waals surface area contributed by atoms with Crippen LogP contribution in [0.3, 0.4) is 0 Å². The van der Waals surface area contributed by atoms with Crippen molar-refractivity contribution in [1.29, 1.82) is 0 Å². The van der Waals surface area contributed by atoms with Crippen molar-refractivity contribution in [3.63, 3.8) is 0 Å². The Morgan fingerprint density at radius 2 is 1.80 bits per heavy atom. The molecule has 1 rings (SSSR count). The maximum absolute atomic E-state index is 9.00. The van der Waals surface area contributed by atoms with Crippen molar-refractivity contribution in [3.05, 3.63) is 18.5 Å². The van der Waals surface area contributed by atoms with Crippen LogP contribution in [0.1, 0.15) is 0 Å². The Hall–Kier alpha value is -0.650. The third kappa shape index (κ3) is 1.66. The number of hydrogen-bond donors (Lipinski definition) is 2. The van der Waals surface area contributed by atoms with Gasteiger partial charge in [0.1, 0.15) is 0 Å². The van der Waals surface area contributed by atoms with Crippen molar-refractivity contribution in [2.45, 2.75) is 5.16 Å². The van der Waals surface area contributed by atoms with Crippen LogP contribution in [-0.4, -0.2) is 25.3 Å². The molecule has 0 atom stereocenters. The molecule has 1 aromatic rings. The molecule has 0 aliphatic heterocycles. The van der Waals surface area contributed by atoms with Crippen molar-refractivity contribution in [2.24, 2.45) is 0 Å². The number of nitrogens with zero attached hydrogens (tertiary/aromatic N) is 2. The Kier molecular flexibility index (Phi) is 1.89. The van der Waals surface area contributed by atoms with E-state index in [-0.39, 0.29) is 5.16 Å². The van der Waals surface area contributed by atoms with E-state index in [1.54, 1.807) is 6.07 Å². The van der Waals surface area contributed by atoms with Gasteiger partial charge in [-0.3, -0.25) is 9.11 Å². The molecule has 0 saturated heterocycles. The first-order chi connectivity index (χ1) is 4.61. The van der Waals surface area contributed by atoms with Crippen LogP contribution in [0, 0.1) is 0 Å². The van der Waals surface area contributed by atoms with Gasteiger partial charge in [0.15, 0.2) is 0 Å². The molecule has 0 bridgehead atoms. The fraction of sp³-hybridized carbons (Fsp3) is 0.200. The molecule has 1 aromatic heterocycles. The summed E-state index contributed by atoms with van der Waals surface area (Å²) >= 11 is 0. The van der Waals surface area contributed by atoms with Crippen LogP contribution in [0.25, 0.3) is 0 Å². The standard InChI is InChI=1S/C5H8N2O2S/c1-10(8,9)5-6-3-2-4-7-5/h2-4,8-9H,1H3. The Balaban J connectivity index is 2.97. The molecule has 0 radical (unpaired) electrons. The van der Waals surface area contributed by atoms with Gasteiger partial charge in [-0.2, -0.15) is 0 Å². The van der Waals surface area contributed by atoms with Crippen molar-refractivity contribution >= 4 is 10.6 Å². The van der Waals surface area contributed by atoms with E-state index < -0.39 is 10.6 Å². The maximum atomic E-state index is 9.00. The van der Waals surface area contributed by atoms with Gasteiger partial charge in [-0.15, -0.1) is 10.6 Å². The summed E-state index contributed by atoms with van der Waals surface area (Å²) in [5.74, 6) is 0. The summed E-state index contributed by atoms with van der Waals surface area (Å²) in [7, 11) is -2.73. The minimum atomic E-state index is -2.73. The van der Waals surface area contributed by atoms with Crippen LogP contribution in [-0.2, 0) is 0 Å². The molecule has 56 valence electrons. The second-order valence-electron chi connectivity index (χ2n) is 1.86. The summed E-state index contributed by atoms with van der Waals surface area (Å²) in [4.78, 5) is 7.35. The highest BCUT2D eigenvalue weighted by Crippen LogP contribution is 2.40. The fourth-order valence-electron chi connectivity index (χ4n) is 0.485. The van der Waals surface area contributed by atoms with Gasteiger partial charge in [-0.05, 0) is 6.07 Å². The summed E-state index contributed by atoms with van der Waals surface area (Å²) in [5, 5.41) is 0.0926. The first kappa shape index (κ1) is 7.46.